The first kappa shape index (κ1) is 19.0. The average Bonchev–Trinajstić information content (AvgIpc) is 3.26. The molecule has 0 radical (unpaired) electrons. The van der Waals surface area contributed by atoms with E-state index in [1.54, 1.807) is 0 Å². The molecular weight excluding hydrogens is 396 g/mol. The first-order valence-corrected chi connectivity index (χ1v) is 11.0. The predicted molar refractivity (Wildman–Crippen MR) is 120 cm³/mol. The van der Waals surface area contributed by atoms with Gasteiger partial charge in [0.15, 0.2) is 0 Å². The number of benzene rings is 2. The van der Waals surface area contributed by atoms with Crippen LogP contribution in [0.5, 0.6) is 0 Å². The third-order valence-electron chi connectivity index (χ3n) is 5.74. The Bertz CT molecular complexity index is 1270. The molecule has 1 aliphatic rings. The third kappa shape index (κ3) is 3.62. The molecule has 4 aromatic rings. The Kier molecular flexibility index (Phi) is 5.06. The molecule has 0 N–H and O–H groups in total. The fourth-order valence-electron chi connectivity index (χ4n) is 4.06. The maximum atomic E-state index is 12.8. The fourth-order valence-corrected chi connectivity index (χ4v) is 4.86. The SMILES string of the molecule is O=C(Cn1cnc2ccsc2c1=O)N1CCN(Cc2cccc3ccccc23)CC1. The second-order valence-corrected chi connectivity index (χ2v) is 8.52. The van der Waals surface area contributed by atoms with Gasteiger partial charge in [0.1, 0.15) is 11.2 Å². The molecular formula is C23H22N4O2S. The highest BCUT2D eigenvalue weighted by atomic mass is 32.1. The lowest BCUT2D eigenvalue weighted by Crippen LogP contribution is -2.49. The van der Waals surface area contributed by atoms with E-state index in [9.17, 15) is 9.59 Å². The molecule has 0 saturated carbocycles. The Hall–Kier alpha value is -3.03. The summed E-state index contributed by atoms with van der Waals surface area (Å²) < 4.78 is 2.02. The zero-order valence-corrected chi connectivity index (χ0v) is 17.3. The molecule has 6 nitrogen and oxygen atoms in total. The second-order valence-electron chi connectivity index (χ2n) is 7.61. The lowest BCUT2D eigenvalue weighted by atomic mass is 10.0. The molecule has 7 heteroatoms. The van der Waals surface area contributed by atoms with E-state index in [1.165, 1.54) is 38.6 Å². The van der Waals surface area contributed by atoms with E-state index in [1.807, 2.05) is 16.3 Å². The highest BCUT2D eigenvalue weighted by molar-refractivity contribution is 7.17. The Morgan fingerprint density at radius 3 is 2.67 bits per heavy atom. The molecule has 1 amide bonds. The van der Waals surface area contributed by atoms with Crippen LogP contribution in [0.15, 0.2) is 65.0 Å². The zero-order valence-electron chi connectivity index (χ0n) is 16.5. The van der Waals surface area contributed by atoms with Gasteiger partial charge in [0, 0.05) is 32.7 Å². The van der Waals surface area contributed by atoms with Gasteiger partial charge in [0.25, 0.3) is 5.56 Å². The van der Waals surface area contributed by atoms with E-state index in [2.05, 4.69) is 52.3 Å². The van der Waals surface area contributed by atoms with Crippen LogP contribution in [0.1, 0.15) is 5.56 Å². The Morgan fingerprint density at radius 1 is 1.00 bits per heavy atom. The molecule has 0 atom stereocenters. The van der Waals surface area contributed by atoms with E-state index in [0.717, 1.165) is 19.6 Å². The number of hydrogen-bond donors (Lipinski definition) is 0. The minimum absolute atomic E-state index is 0.0281. The molecule has 2 aromatic carbocycles. The summed E-state index contributed by atoms with van der Waals surface area (Å²) in [5.41, 5.74) is 1.86. The number of thiophene rings is 1. The summed E-state index contributed by atoms with van der Waals surface area (Å²) in [7, 11) is 0. The standard InChI is InChI=1S/C23H22N4O2S/c28-21(15-27-16-24-20-8-13-30-22(20)23(27)29)26-11-9-25(10-12-26)14-18-6-3-5-17-4-1-2-7-19(17)18/h1-8,13,16H,9-12,14-15H2. The van der Waals surface area contributed by atoms with Gasteiger partial charge in [-0.1, -0.05) is 42.5 Å². The van der Waals surface area contributed by atoms with Crippen LogP contribution in [0.4, 0.5) is 0 Å². The van der Waals surface area contributed by atoms with Crippen molar-refractivity contribution < 1.29 is 4.79 Å². The molecule has 1 saturated heterocycles. The number of aromatic nitrogens is 2. The van der Waals surface area contributed by atoms with E-state index in [4.69, 9.17) is 0 Å². The molecule has 0 unspecified atom stereocenters. The van der Waals surface area contributed by atoms with Crippen molar-refractivity contribution in [3.63, 3.8) is 0 Å². The van der Waals surface area contributed by atoms with Crippen LogP contribution >= 0.6 is 11.3 Å². The third-order valence-corrected chi connectivity index (χ3v) is 6.63. The van der Waals surface area contributed by atoms with Gasteiger partial charge >= 0.3 is 0 Å². The number of hydrogen-bond acceptors (Lipinski definition) is 5. The Labute approximate surface area is 178 Å². The molecule has 3 heterocycles. The maximum Gasteiger partial charge on any atom is 0.271 e. The minimum Gasteiger partial charge on any atom is -0.339 e. The van der Waals surface area contributed by atoms with Crippen LogP contribution in [0.2, 0.25) is 0 Å². The van der Waals surface area contributed by atoms with Crippen molar-refractivity contribution in [3.8, 4) is 0 Å². The quantitative estimate of drug-likeness (QED) is 0.511. The van der Waals surface area contributed by atoms with Gasteiger partial charge in [-0.15, -0.1) is 11.3 Å². The first-order valence-electron chi connectivity index (χ1n) is 10.1. The van der Waals surface area contributed by atoms with Crippen molar-refractivity contribution in [3.05, 3.63) is 76.2 Å². The molecule has 5 rings (SSSR count). The number of nitrogens with zero attached hydrogens (tertiary/aromatic N) is 4. The van der Waals surface area contributed by atoms with Gasteiger partial charge in [-0.05, 0) is 27.8 Å². The van der Waals surface area contributed by atoms with Crippen LogP contribution in [-0.4, -0.2) is 51.4 Å². The molecule has 2 aromatic heterocycles. The summed E-state index contributed by atoms with van der Waals surface area (Å²) in [5, 5.41) is 4.39. The average molecular weight is 419 g/mol. The van der Waals surface area contributed by atoms with E-state index in [0.29, 0.717) is 23.3 Å². The van der Waals surface area contributed by atoms with Gasteiger partial charge in [-0.25, -0.2) is 4.98 Å². The molecule has 30 heavy (non-hydrogen) atoms. The summed E-state index contributed by atoms with van der Waals surface area (Å²) >= 11 is 1.37. The summed E-state index contributed by atoms with van der Waals surface area (Å²) in [6, 6.07) is 16.7. The molecule has 1 fully saturated rings. The van der Waals surface area contributed by atoms with Gasteiger partial charge in [-0.3, -0.25) is 19.1 Å². The molecule has 0 bridgehead atoms. The number of fused-ring (bicyclic) bond motifs is 2. The second kappa shape index (κ2) is 8.01. The molecule has 0 aliphatic carbocycles. The molecule has 152 valence electrons. The topological polar surface area (TPSA) is 58.4 Å². The van der Waals surface area contributed by atoms with Gasteiger partial charge in [0.05, 0.1) is 11.8 Å². The van der Waals surface area contributed by atoms with E-state index >= 15 is 0 Å². The summed E-state index contributed by atoms with van der Waals surface area (Å²) in [5.74, 6) is -0.0281. The van der Waals surface area contributed by atoms with Crippen LogP contribution in [-0.2, 0) is 17.9 Å². The number of carbonyl (C=O) groups is 1. The largest absolute Gasteiger partial charge is 0.339 e. The van der Waals surface area contributed by atoms with E-state index < -0.39 is 0 Å². The monoisotopic (exact) mass is 418 g/mol. The van der Waals surface area contributed by atoms with Crippen LogP contribution in [0.3, 0.4) is 0 Å². The summed E-state index contributed by atoms with van der Waals surface area (Å²) in [6.45, 7) is 3.92. The lowest BCUT2D eigenvalue weighted by Gasteiger charge is -2.35. The minimum atomic E-state index is -0.141. The Morgan fingerprint density at radius 2 is 1.80 bits per heavy atom. The van der Waals surface area contributed by atoms with Gasteiger partial charge < -0.3 is 4.90 Å². The fraction of sp³-hybridized carbons (Fsp3) is 0.261. The predicted octanol–water partition coefficient (Wildman–Crippen LogP) is 2.96. The number of carbonyl (C=O) groups excluding carboxylic acids is 1. The lowest BCUT2D eigenvalue weighted by molar-refractivity contribution is -0.133. The van der Waals surface area contributed by atoms with Crippen LogP contribution < -0.4 is 5.56 Å². The van der Waals surface area contributed by atoms with Crippen LogP contribution in [0.25, 0.3) is 21.0 Å². The zero-order chi connectivity index (χ0) is 20.5. The van der Waals surface area contributed by atoms with Crippen molar-refractivity contribution in [1.29, 1.82) is 0 Å². The number of rotatable bonds is 4. The summed E-state index contributed by atoms with van der Waals surface area (Å²) in [6.07, 6.45) is 1.48. The maximum absolute atomic E-state index is 12.8. The first-order chi connectivity index (χ1) is 14.7. The van der Waals surface area contributed by atoms with Crippen molar-refractivity contribution in [2.75, 3.05) is 26.2 Å². The highest BCUT2D eigenvalue weighted by Gasteiger charge is 2.22. The van der Waals surface area contributed by atoms with Gasteiger partial charge in [0.2, 0.25) is 5.91 Å². The summed E-state index contributed by atoms with van der Waals surface area (Å²) in [4.78, 5) is 33.8. The van der Waals surface area contributed by atoms with Crippen molar-refractivity contribution >= 4 is 38.2 Å². The molecule has 0 spiro atoms. The normalized spacial score (nSPS) is 15.1. The molecule has 1 aliphatic heterocycles. The smallest absolute Gasteiger partial charge is 0.271 e. The number of piperazine rings is 1. The van der Waals surface area contributed by atoms with Crippen molar-refractivity contribution in [2.45, 2.75) is 13.1 Å². The highest BCUT2D eigenvalue weighted by Crippen LogP contribution is 2.20. The Balaban J connectivity index is 1.22. The van der Waals surface area contributed by atoms with Crippen molar-refractivity contribution in [1.82, 2.24) is 19.4 Å². The number of amides is 1. The van der Waals surface area contributed by atoms with Crippen molar-refractivity contribution in [2.24, 2.45) is 0 Å². The van der Waals surface area contributed by atoms with E-state index in [-0.39, 0.29) is 18.0 Å². The van der Waals surface area contributed by atoms with Gasteiger partial charge in [-0.2, -0.15) is 0 Å². The van der Waals surface area contributed by atoms with Crippen LogP contribution in [0, 0.1) is 0 Å².